The summed E-state index contributed by atoms with van der Waals surface area (Å²) in [5.74, 6) is 0.394. The number of carbonyl (C=O) groups excluding carboxylic acids is 1. The first-order valence-corrected chi connectivity index (χ1v) is 6.80. The number of nitrogens with one attached hydrogen (secondary N) is 1. The molecular weight excluding hydrogens is 296 g/mol. The van der Waals surface area contributed by atoms with E-state index in [1.807, 2.05) is 6.07 Å². The molecule has 0 saturated carbocycles. The lowest BCUT2D eigenvalue weighted by molar-refractivity contribution is 0.201. The highest BCUT2D eigenvalue weighted by Gasteiger charge is 2.05. The normalized spacial score (nSPS) is 10.8. The molecule has 6 nitrogen and oxygen atoms in total. The van der Waals surface area contributed by atoms with Crippen molar-refractivity contribution in [2.45, 2.75) is 0 Å². The number of ether oxygens (including phenoxy) is 1. The fourth-order valence-electron chi connectivity index (χ4n) is 1.95. The average Bonchev–Trinajstić information content (AvgIpc) is 2.58. The van der Waals surface area contributed by atoms with Gasteiger partial charge in [0.1, 0.15) is 17.6 Å². The SMILES string of the molecule is O=C(NN=Cc1coc2ccccc2c1=O)Oc1ccccc1. The van der Waals surface area contributed by atoms with Crippen molar-refractivity contribution in [1.82, 2.24) is 5.43 Å². The number of rotatable bonds is 3. The van der Waals surface area contributed by atoms with Crippen LogP contribution in [0.1, 0.15) is 5.56 Å². The van der Waals surface area contributed by atoms with Gasteiger partial charge in [-0.15, -0.1) is 0 Å². The molecule has 0 aliphatic rings. The molecule has 1 amide bonds. The topological polar surface area (TPSA) is 80.9 Å². The van der Waals surface area contributed by atoms with Crippen LogP contribution in [0.2, 0.25) is 0 Å². The zero-order valence-electron chi connectivity index (χ0n) is 11.9. The summed E-state index contributed by atoms with van der Waals surface area (Å²) in [6, 6.07) is 15.5. The van der Waals surface area contributed by atoms with Gasteiger partial charge < -0.3 is 9.15 Å². The van der Waals surface area contributed by atoms with E-state index in [4.69, 9.17) is 9.15 Å². The lowest BCUT2D eigenvalue weighted by Gasteiger charge is -2.02. The van der Waals surface area contributed by atoms with Crippen molar-refractivity contribution in [2.24, 2.45) is 5.10 Å². The molecule has 0 unspecified atom stereocenters. The molecule has 0 fully saturated rings. The van der Waals surface area contributed by atoms with Crippen LogP contribution in [0.25, 0.3) is 11.0 Å². The van der Waals surface area contributed by atoms with Crippen LogP contribution >= 0.6 is 0 Å². The Balaban J connectivity index is 1.70. The van der Waals surface area contributed by atoms with E-state index in [0.29, 0.717) is 16.7 Å². The van der Waals surface area contributed by atoms with Crippen LogP contribution in [-0.2, 0) is 0 Å². The minimum absolute atomic E-state index is 0.226. The molecule has 0 saturated heterocycles. The van der Waals surface area contributed by atoms with E-state index in [1.54, 1.807) is 48.5 Å². The Hall–Kier alpha value is -3.41. The zero-order valence-corrected chi connectivity index (χ0v) is 11.9. The van der Waals surface area contributed by atoms with Crippen molar-refractivity contribution in [3.8, 4) is 5.75 Å². The Bertz CT molecular complexity index is 917. The molecule has 1 heterocycles. The summed E-state index contributed by atoms with van der Waals surface area (Å²) in [5.41, 5.74) is 2.67. The number of benzene rings is 2. The number of hydrazone groups is 1. The van der Waals surface area contributed by atoms with E-state index >= 15 is 0 Å². The number of carbonyl (C=O) groups is 1. The van der Waals surface area contributed by atoms with Gasteiger partial charge in [0.25, 0.3) is 0 Å². The molecule has 114 valence electrons. The second-order valence-corrected chi connectivity index (χ2v) is 4.59. The molecule has 0 atom stereocenters. The zero-order chi connectivity index (χ0) is 16.1. The van der Waals surface area contributed by atoms with Gasteiger partial charge in [-0.1, -0.05) is 30.3 Å². The minimum Gasteiger partial charge on any atom is -0.463 e. The summed E-state index contributed by atoms with van der Waals surface area (Å²) in [5, 5.41) is 4.14. The van der Waals surface area contributed by atoms with Crippen LogP contribution in [0, 0.1) is 0 Å². The van der Waals surface area contributed by atoms with Crippen molar-refractivity contribution in [1.29, 1.82) is 0 Å². The van der Waals surface area contributed by atoms with Crippen LogP contribution in [0.3, 0.4) is 0 Å². The molecule has 1 aromatic heterocycles. The lowest BCUT2D eigenvalue weighted by Crippen LogP contribution is -2.22. The average molecular weight is 308 g/mol. The summed E-state index contributed by atoms with van der Waals surface area (Å²) >= 11 is 0. The van der Waals surface area contributed by atoms with Gasteiger partial charge in [0, 0.05) is 0 Å². The van der Waals surface area contributed by atoms with Gasteiger partial charge in [0.05, 0.1) is 17.2 Å². The molecule has 0 radical (unpaired) electrons. The smallest absolute Gasteiger partial charge is 0.433 e. The van der Waals surface area contributed by atoms with Gasteiger partial charge in [-0.05, 0) is 24.3 Å². The molecule has 0 aliphatic carbocycles. The second kappa shape index (κ2) is 6.57. The highest BCUT2D eigenvalue weighted by Crippen LogP contribution is 2.10. The predicted octanol–water partition coefficient (Wildman–Crippen LogP) is 2.92. The molecule has 3 rings (SSSR count). The van der Waals surface area contributed by atoms with Gasteiger partial charge in [-0.2, -0.15) is 5.10 Å². The van der Waals surface area contributed by atoms with Crippen LogP contribution in [-0.4, -0.2) is 12.3 Å². The van der Waals surface area contributed by atoms with Crippen molar-refractivity contribution in [3.05, 3.63) is 76.6 Å². The van der Waals surface area contributed by atoms with Crippen LogP contribution < -0.4 is 15.6 Å². The Morgan fingerprint density at radius 2 is 1.83 bits per heavy atom. The van der Waals surface area contributed by atoms with Crippen molar-refractivity contribution >= 4 is 23.3 Å². The standard InChI is InChI=1S/C17H12N2O4/c20-16-12(11-22-15-9-5-4-8-14(15)16)10-18-19-17(21)23-13-6-2-1-3-7-13/h1-11H,(H,19,21). The van der Waals surface area contributed by atoms with Gasteiger partial charge in [-0.25, -0.2) is 10.2 Å². The Kier molecular flexibility index (Phi) is 4.15. The highest BCUT2D eigenvalue weighted by atomic mass is 16.6. The Morgan fingerprint density at radius 1 is 1.09 bits per heavy atom. The molecule has 6 heteroatoms. The molecular formula is C17H12N2O4. The van der Waals surface area contributed by atoms with Gasteiger partial charge in [0.2, 0.25) is 5.43 Å². The molecule has 1 N–H and O–H groups in total. The van der Waals surface area contributed by atoms with E-state index < -0.39 is 6.09 Å². The van der Waals surface area contributed by atoms with Crippen LogP contribution in [0.4, 0.5) is 4.79 Å². The first-order chi connectivity index (χ1) is 11.2. The Labute approximate surface area is 131 Å². The molecule has 2 aromatic carbocycles. The molecule has 0 spiro atoms. The third-order valence-electron chi connectivity index (χ3n) is 3.02. The number of hydrogen-bond donors (Lipinski definition) is 1. The number of nitrogens with zero attached hydrogens (tertiary/aromatic N) is 1. The van der Waals surface area contributed by atoms with E-state index in [0.717, 1.165) is 0 Å². The molecule has 0 aliphatic heterocycles. The minimum atomic E-state index is -0.752. The monoisotopic (exact) mass is 308 g/mol. The number of fused-ring (bicyclic) bond motifs is 1. The molecule has 3 aromatic rings. The summed E-state index contributed by atoms with van der Waals surface area (Å²) in [6.07, 6.45) is 1.75. The summed E-state index contributed by atoms with van der Waals surface area (Å²) in [4.78, 5) is 23.8. The quantitative estimate of drug-likeness (QED) is 0.596. The van der Waals surface area contributed by atoms with E-state index in [9.17, 15) is 9.59 Å². The second-order valence-electron chi connectivity index (χ2n) is 4.59. The van der Waals surface area contributed by atoms with Crippen LogP contribution in [0.5, 0.6) is 5.75 Å². The number of amides is 1. The highest BCUT2D eigenvalue weighted by molar-refractivity contribution is 5.86. The first kappa shape index (κ1) is 14.5. The van der Waals surface area contributed by atoms with E-state index in [1.165, 1.54) is 12.5 Å². The predicted molar refractivity (Wildman–Crippen MR) is 85.7 cm³/mol. The summed E-state index contributed by atoms with van der Waals surface area (Å²) in [6.45, 7) is 0. The van der Waals surface area contributed by atoms with E-state index in [2.05, 4.69) is 10.5 Å². The maximum absolute atomic E-state index is 12.2. The van der Waals surface area contributed by atoms with Gasteiger partial charge in [-0.3, -0.25) is 4.79 Å². The lowest BCUT2D eigenvalue weighted by atomic mass is 10.2. The third kappa shape index (κ3) is 3.44. The van der Waals surface area contributed by atoms with Crippen molar-refractivity contribution < 1.29 is 13.9 Å². The first-order valence-electron chi connectivity index (χ1n) is 6.80. The van der Waals surface area contributed by atoms with Crippen molar-refractivity contribution in [3.63, 3.8) is 0 Å². The Morgan fingerprint density at radius 3 is 2.65 bits per heavy atom. The maximum Gasteiger partial charge on any atom is 0.433 e. The fourth-order valence-corrected chi connectivity index (χ4v) is 1.95. The molecule has 0 bridgehead atoms. The largest absolute Gasteiger partial charge is 0.463 e. The van der Waals surface area contributed by atoms with Gasteiger partial charge in [0.15, 0.2) is 0 Å². The molecule has 23 heavy (non-hydrogen) atoms. The van der Waals surface area contributed by atoms with Crippen molar-refractivity contribution in [2.75, 3.05) is 0 Å². The number of hydrogen-bond acceptors (Lipinski definition) is 5. The summed E-state index contributed by atoms with van der Waals surface area (Å²) < 4.78 is 10.3. The fraction of sp³-hybridized carbons (Fsp3) is 0. The maximum atomic E-state index is 12.2. The van der Waals surface area contributed by atoms with Crippen LogP contribution in [0.15, 0.2) is 75.2 Å². The number of para-hydroxylation sites is 2. The summed E-state index contributed by atoms with van der Waals surface area (Å²) in [7, 11) is 0. The third-order valence-corrected chi connectivity index (χ3v) is 3.02. The van der Waals surface area contributed by atoms with E-state index in [-0.39, 0.29) is 11.0 Å². The van der Waals surface area contributed by atoms with Gasteiger partial charge >= 0.3 is 6.09 Å².